The fourth-order valence-corrected chi connectivity index (χ4v) is 1.82. The van der Waals surface area contributed by atoms with E-state index >= 15 is 0 Å². The largest absolute Gasteiger partial charge is 0.378 e. The van der Waals surface area contributed by atoms with Crippen LogP contribution in [0.25, 0.3) is 0 Å². The van der Waals surface area contributed by atoms with Gasteiger partial charge in [0, 0.05) is 6.61 Å². The molecule has 2 unspecified atom stereocenters. The van der Waals surface area contributed by atoms with Crippen molar-refractivity contribution in [2.45, 2.75) is 51.2 Å². The Labute approximate surface area is 87.4 Å². The minimum Gasteiger partial charge on any atom is -0.378 e. The van der Waals surface area contributed by atoms with Crippen molar-refractivity contribution in [1.82, 2.24) is 5.32 Å². The molecule has 80 valence electrons. The molecule has 2 atom stereocenters. The van der Waals surface area contributed by atoms with Crippen LogP contribution in [0.1, 0.15) is 39.0 Å². The van der Waals surface area contributed by atoms with Crippen LogP contribution in [-0.4, -0.2) is 25.3 Å². The van der Waals surface area contributed by atoms with Crippen molar-refractivity contribution >= 4 is 0 Å². The SMILES string of the molecule is C#CC(CCC)NCCC1CCCO1. The molecule has 1 heterocycles. The van der Waals surface area contributed by atoms with Crippen LogP contribution in [0.2, 0.25) is 0 Å². The first kappa shape index (κ1) is 11.6. The molecule has 0 amide bonds. The zero-order chi connectivity index (χ0) is 10.2. The standard InChI is InChI=1S/C12H21NO/c1-3-6-11(4-2)13-9-8-12-7-5-10-14-12/h2,11-13H,3,5-10H2,1H3. The highest BCUT2D eigenvalue weighted by Gasteiger charge is 2.14. The van der Waals surface area contributed by atoms with Crippen molar-refractivity contribution in [1.29, 1.82) is 0 Å². The molecule has 0 bridgehead atoms. The lowest BCUT2D eigenvalue weighted by Crippen LogP contribution is -2.30. The number of ether oxygens (including phenoxy) is 1. The summed E-state index contributed by atoms with van der Waals surface area (Å²) in [6, 6.07) is 0.251. The Bertz CT molecular complexity index is 179. The van der Waals surface area contributed by atoms with Crippen molar-refractivity contribution in [3.8, 4) is 12.3 Å². The number of nitrogens with one attached hydrogen (secondary N) is 1. The third kappa shape index (κ3) is 4.13. The van der Waals surface area contributed by atoms with E-state index in [1.807, 2.05) is 0 Å². The van der Waals surface area contributed by atoms with Gasteiger partial charge in [0.15, 0.2) is 0 Å². The Morgan fingerprint density at radius 3 is 3.07 bits per heavy atom. The fourth-order valence-electron chi connectivity index (χ4n) is 1.82. The lowest BCUT2D eigenvalue weighted by molar-refractivity contribution is 0.104. The molecule has 14 heavy (non-hydrogen) atoms. The van der Waals surface area contributed by atoms with Crippen molar-refractivity contribution in [2.24, 2.45) is 0 Å². The van der Waals surface area contributed by atoms with Gasteiger partial charge in [0.05, 0.1) is 12.1 Å². The first-order valence-corrected chi connectivity index (χ1v) is 5.68. The molecule has 0 aromatic rings. The van der Waals surface area contributed by atoms with E-state index in [2.05, 4.69) is 18.2 Å². The van der Waals surface area contributed by atoms with Gasteiger partial charge in [0.25, 0.3) is 0 Å². The zero-order valence-electron chi connectivity index (χ0n) is 9.09. The molecule has 2 nitrogen and oxygen atoms in total. The minimum absolute atomic E-state index is 0.251. The quantitative estimate of drug-likeness (QED) is 0.654. The van der Waals surface area contributed by atoms with Crippen molar-refractivity contribution in [3.63, 3.8) is 0 Å². The third-order valence-electron chi connectivity index (χ3n) is 2.66. The summed E-state index contributed by atoms with van der Waals surface area (Å²) in [4.78, 5) is 0. The summed E-state index contributed by atoms with van der Waals surface area (Å²) in [7, 11) is 0. The van der Waals surface area contributed by atoms with Gasteiger partial charge in [0.2, 0.25) is 0 Å². The highest BCUT2D eigenvalue weighted by atomic mass is 16.5. The molecule has 0 radical (unpaired) electrons. The molecule has 1 saturated heterocycles. The molecular weight excluding hydrogens is 174 g/mol. The van der Waals surface area contributed by atoms with Gasteiger partial charge < -0.3 is 10.1 Å². The second-order valence-corrected chi connectivity index (χ2v) is 3.89. The van der Waals surface area contributed by atoms with Crippen LogP contribution in [0.15, 0.2) is 0 Å². The molecule has 0 saturated carbocycles. The Morgan fingerprint density at radius 2 is 2.50 bits per heavy atom. The normalized spacial score (nSPS) is 23.3. The molecule has 0 aliphatic carbocycles. The average Bonchev–Trinajstić information content (AvgIpc) is 2.69. The zero-order valence-corrected chi connectivity index (χ0v) is 9.09. The van der Waals surface area contributed by atoms with Crippen molar-refractivity contribution < 1.29 is 4.74 Å². The summed E-state index contributed by atoms with van der Waals surface area (Å²) in [5, 5.41) is 3.38. The van der Waals surface area contributed by atoms with Gasteiger partial charge in [-0.25, -0.2) is 0 Å². The molecule has 1 fully saturated rings. The summed E-state index contributed by atoms with van der Waals surface area (Å²) >= 11 is 0. The first-order chi connectivity index (χ1) is 6.86. The Kier molecular flexibility index (Phi) is 5.66. The molecule has 0 aromatic heterocycles. The van der Waals surface area contributed by atoms with Crippen LogP contribution in [0.3, 0.4) is 0 Å². The second kappa shape index (κ2) is 6.86. The maximum Gasteiger partial charge on any atom is 0.0686 e. The summed E-state index contributed by atoms with van der Waals surface area (Å²) < 4.78 is 5.54. The molecule has 2 heteroatoms. The smallest absolute Gasteiger partial charge is 0.0686 e. The maximum atomic E-state index is 5.54. The molecule has 1 N–H and O–H groups in total. The summed E-state index contributed by atoms with van der Waals surface area (Å²) in [5.41, 5.74) is 0. The Balaban J connectivity index is 2.04. The molecule has 0 aromatic carbocycles. The lowest BCUT2D eigenvalue weighted by atomic mass is 10.1. The Hall–Kier alpha value is -0.520. The monoisotopic (exact) mass is 195 g/mol. The second-order valence-electron chi connectivity index (χ2n) is 3.89. The minimum atomic E-state index is 0.251. The van der Waals surface area contributed by atoms with E-state index in [-0.39, 0.29) is 6.04 Å². The predicted molar refractivity (Wildman–Crippen MR) is 59.1 cm³/mol. The van der Waals surface area contributed by atoms with E-state index < -0.39 is 0 Å². The molecular formula is C12H21NO. The van der Waals surface area contributed by atoms with E-state index in [0.29, 0.717) is 6.10 Å². The Morgan fingerprint density at radius 1 is 1.64 bits per heavy atom. The van der Waals surface area contributed by atoms with Crippen LogP contribution in [-0.2, 0) is 4.74 Å². The maximum absolute atomic E-state index is 5.54. The van der Waals surface area contributed by atoms with Gasteiger partial charge in [-0.15, -0.1) is 6.42 Å². The topological polar surface area (TPSA) is 21.3 Å². The molecule has 0 spiro atoms. The highest BCUT2D eigenvalue weighted by molar-refractivity contribution is 4.98. The van der Waals surface area contributed by atoms with Gasteiger partial charge >= 0.3 is 0 Å². The summed E-state index contributed by atoms with van der Waals surface area (Å²) in [6.45, 7) is 4.09. The predicted octanol–water partition coefficient (Wildman–Crippen LogP) is 1.95. The van der Waals surface area contributed by atoms with Crippen LogP contribution in [0.5, 0.6) is 0 Å². The number of terminal acetylenes is 1. The van der Waals surface area contributed by atoms with Gasteiger partial charge in [-0.2, -0.15) is 0 Å². The number of rotatable bonds is 6. The van der Waals surface area contributed by atoms with Gasteiger partial charge in [-0.3, -0.25) is 0 Å². The van der Waals surface area contributed by atoms with E-state index in [1.165, 1.54) is 12.8 Å². The van der Waals surface area contributed by atoms with E-state index in [0.717, 1.165) is 32.4 Å². The van der Waals surface area contributed by atoms with E-state index in [4.69, 9.17) is 11.2 Å². The number of hydrogen-bond donors (Lipinski definition) is 1. The molecule has 1 aliphatic rings. The van der Waals surface area contributed by atoms with Crippen molar-refractivity contribution in [2.75, 3.05) is 13.2 Å². The highest BCUT2D eigenvalue weighted by Crippen LogP contribution is 2.14. The average molecular weight is 195 g/mol. The van der Waals surface area contributed by atoms with Crippen LogP contribution in [0.4, 0.5) is 0 Å². The fraction of sp³-hybridized carbons (Fsp3) is 0.833. The molecule has 1 rings (SSSR count). The van der Waals surface area contributed by atoms with E-state index in [1.54, 1.807) is 0 Å². The van der Waals surface area contributed by atoms with Crippen LogP contribution >= 0.6 is 0 Å². The van der Waals surface area contributed by atoms with Gasteiger partial charge in [-0.05, 0) is 32.2 Å². The summed E-state index contributed by atoms with van der Waals surface area (Å²) in [6.07, 6.45) is 11.6. The van der Waals surface area contributed by atoms with Gasteiger partial charge in [0.1, 0.15) is 0 Å². The van der Waals surface area contributed by atoms with Gasteiger partial charge in [-0.1, -0.05) is 19.3 Å². The third-order valence-corrected chi connectivity index (χ3v) is 2.66. The lowest BCUT2D eigenvalue weighted by Gasteiger charge is -2.14. The van der Waals surface area contributed by atoms with E-state index in [9.17, 15) is 0 Å². The molecule has 1 aliphatic heterocycles. The van der Waals surface area contributed by atoms with Crippen LogP contribution in [0, 0.1) is 12.3 Å². The number of hydrogen-bond acceptors (Lipinski definition) is 2. The van der Waals surface area contributed by atoms with Crippen LogP contribution < -0.4 is 5.32 Å². The van der Waals surface area contributed by atoms with Crippen molar-refractivity contribution in [3.05, 3.63) is 0 Å². The summed E-state index contributed by atoms with van der Waals surface area (Å²) in [5.74, 6) is 2.78. The first-order valence-electron chi connectivity index (χ1n) is 5.68.